The summed E-state index contributed by atoms with van der Waals surface area (Å²) in [7, 11) is 0. The topological polar surface area (TPSA) is 82.2 Å². The second-order valence-corrected chi connectivity index (χ2v) is 6.53. The van der Waals surface area contributed by atoms with Gasteiger partial charge in [0.2, 0.25) is 5.91 Å². The van der Waals surface area contributed by atoms with Crippen LogP contribution in [0, 0.1) is 18.2 Å². The number of halogens is 1. The van der Waals surface area contributed by atoms with E-state index >= 15 is 0 Å². The van der Waals surface area contributed by atoms with Crippen molar-refractivity contribution < 1.29 is 9.18 Å². The van der Waals surface area contributed by atoms with Crippen molar-refractivity contribution in [2.24, 2.45) is 5.73 Å². The molecule has 1 aliphatic rings. The van der Waals surface area contributed by atoms with E-state index in [0.717, 1.165) is 26.1 Å². The van der Waals surface area contributed by atoms with Crippen LogP contribution in [0.4, 0.5) is 4.39 Å². The van der Waals surface area contributed by atoms with Crippen molar-refractivity contribution >= 4 is 17.4 Å². The molecule has 1 amide bonds. The lowest BCUT2D eigenvalue weighted by molar-refractivity contribution is -0.119. The molecule has 0 unspecified atom stereocenters. The molecule has 0 spiro atoms. The van der Waals surface area contributed by atoms with Gasteiger partial charge in [-0.15, -0.1) is 0 Å². The van der Waals surface area contributed by atoms with Gasteiger partial charge in [-0.3, -0.25) is 10.2 Å². The first-order valence-corrected chi connectivity index (χ1v) is 8.80. The molecular formula is C19H27FN4O. The molecule has 25 heavy (non-hydrogen) atoms. The zero-order valence-corrected chi connectivity index (χ0v) is 14.8. The number of nitrogens with one attached hydrogen (secondary N) is 2. The lowest BCUT2D eigenvalue weighted by atomic mass is 10.1. The molecule has 0 atom stereocenters. The molecule has 5 nitrogen and oxygen atoms in total. The summed E-state index contributed by atoms with van der Waals surface area (Å²) in [4.78, 5) is 14.3. The fourth-order valence-electron chi connectivity index (χ4n) is 3.08. The number of nitrogens with two attached hydrogens (primary N) is 1. The Morgan fingerprint density at radius 3 is 2.76 bits per heavy atom. The predicted molar refractivity (Wildman–Crippen MR) is 98.7 cm³/mol. The zero-order chi connectivity index (χ0) is 18.2. The minimum absolute atomic E-state index is 0.0517. The van der Waals surface area contributed by atoms with E-state index in [1.807, 2.05) is 0 Å². The van der Waals surface area contributed by atoms with Crippen LogP contribution in [0.1, 0.15) is 43.2 Å². The van der Waals surface area contributed by atoms with Gasteiger partial charge in [0, 0.05) is 23.8 Å². The molecule has 1 heterocycles. The summed E-state index contributed by atoms with van der Waals surface area (Å²) in [6.07, 6.45) is 6.35. The van der Waals surface area contributed by atoms with Gasteiger partial charge in [-0.2, -0.15) is 0 Å². The maximum Gasteiger partial charge on any atom is 0.225 e. The maximum atomic E-state index is 13.1. The minimum atomic E-state index is -0.328. The van der Waals surface area contributed by atoms with Crippen molar-refractivity contribution in [3.63, 3.8) is 0 Å². The quantitative estimate of drug-likeness (QED) is 0.547. The Kier molecular flexibility index (Phi) is 7.13. The lowest BCUT2D eigenvalue weighted by Crippen LogP contribution is -2.32. The van der Waals surface area contributed by atoms with E-state index in [-0.39, 0.29) is 17.6 Å². The number of carbonyl (C=O) groups excluding carboxylic acids is 1. The molecule has 2 rings (SSSR count). The van der Waals surface area contributed by atoms with Crippen LogP contribution in [-0.4, -0.2) is 36.3 Å². The van der Waals surface area contributed by atoms with E-state index in [4.69, 9.17) is 11.1 Å². The van der Waals surface area contributed by atoms with Crippen LogP contribution >= 0.6 is 0 Å². The Hall–Kier alpha value is -2.21. The highest BCUT2D eigenvalue weighted by Crippen LogP contribution is 2.15. The Bertz CT molecular complexity index is 651. The van der Waals surface area contributed by atoms with Crippen molar-refractivity contribution in [1.82, 2.24) is 10.2 Å². The Morgan fingerprint density at radius 2 is 2.08 bits per heavy atom. The van der Waals surface area contributed by atoms with Gasteiger partial charge in [-0.1, -0.05) is 6.42 Å². The summed E-state index contributed by atoms with van der Waals surface area (Å²) < 4.78 is 13.1. The van der Waals surface area contributed by atoms with Crippen molar-refractivity contribution in [2.75, 3.05) is 19.6 Å². The van der Waals surface area contributed by atoms with Gasteiger partial charge >= 0.3 is 0 Å². The number of likely N-dealkylation sites (tertiary alicyclic amines) is 1. The van der Waals surface area contributed by atoms with E-state index < -0.39 is 0 Å². The molecule has 0 bridgehead atoms. The van der Waals surface area contributed by atoms with Crippen LogP contribution in [-0.2, 0) is 4.79 Å². The molecule has 0 saturated carbocycles. The van der Waals surface area contributed by atoms with Gasteiger partial charge in [-0.05, 0) is 69.6 Å². The third-order valence-corrected chi connectivity index (χ3v) is 4.40. The first-order chi connectivity index (χ1) is 12.0. The molecule has 1 aromatic carbocycles. The van der Waals surface area contributed by atoms with Crippen molar-refractivity contribution in [2.45, 2.75) is 39.0 Å². The van der Waals surface area contributed by atoms with E-state index in [1.165, 1.54) is 37.5 Å². The summed E-state index contributed by atoms with van der Waals surface area (Å²) in [5, 5.41) is 10.4. The molecule has 0 radical (unpaired) electrons. The summed E-state index contributed by atoms with van der Waals surface area (Å²) in [6, 6.07) is 4.29. The second kappa shape index (κ2) is 9.32. The van der Waals surface area contributed by atoms with E-state index in [9.17, 15) is 9.18 Å². The Balaban J connectivity index is 1.78. The zero-order valence-electron chi connectivity index (χ0n) is 14.8. The van der Waals surface area contributed by atoms with Crippen LogP contribution in [0.5, 0.6) is 0 Å². The molecule has 0 aliphatic carbocycles. The number of carbonyl (C=O) groups is 1. The third kappa shape index (κ3) is 6.31. The second-order valence-electron chi connectivity index (χ2n) is 6.53. The number of nitrogens with zero attached hydrogens (tertiary/aromatic N) is 1. The van der Waals surface area contributed by atoms with Crippen molar-refractivity contribution in [3.05, 3.63) is 41.2 Å². The molecule has 136 valence electrons. The summed E-state index contributed by atoms with van der Waals surface area (Å²) in [5.41, 5.74) is 7.64. The summed E-state index contributed by atoms with van der Waals surface area (Å²) in [5.74, 6) is -0.558. The molecule has 6 heteroatoms. The molecule has 1 saturated heterocycles. The highest BCUT2D eigenvalue weighted by atomic mass is 19.1. The molecule has 4 N–H and O–H groups in total. The first kappa shape index (κ1) is 19.1. The molecule has 1 aliphatic heterocycles. The number of benzene rings is 1. The van der Waals surface area contributed by atoms with Crippen LogP contribution in [0.25, 0.3) is 5.70 Å². The van der Waals surface area contributed by atoms with Gasteiger partial charge in [0.1, 0.15) is 11.7 Å². The van der Waals surface area contributed by atoms with E-state index in [0.29, 0.717) is 23.2 Å². The van der Waals surface area contributed by atoms with Gasteiger partial charge in [0.05, 0.1) is 0 Å². The number of amides is 1. The third-order valence-electron chi connectivity index (χ3n) is 4.40. The standard InChI is InChI=1S/C19H27FN4O/c1-14-12-15(20)7-8-16(14)17(21)13-18(22)23-19(25)6-5-11-24-9-3-2-4-10-24/h7-8,12-13H,2-6,9-11,21H2,1H3,(H2,22,23,25). The average molecular weight is 346 g/mol. The number of amidine groups is 1. The Morgan fingerprint density at radius 1 is 1.36 bits per heavy atom. The molecule has 0 aromatic heterocycles. The number of hydrogen-bond acceptors (Lipinski definition) is 4. The van der Waals surface area contributed by atoms with E-state index in [2.05, 4.69) is 10.2 Å². The fourth-order valence-corrected chi connectivity index (χ4v) is 3.08. The number of aryl methyl sites for hydroxylation is 1. The van der Waals surface area contributed by atoms with Crippen LogP contribution in [0.3, 0.4) is 0 Å². The van der Waals surface area contributed by atoms with Crippen molar-refractivity contribution in [1.29, 1.82) is 5.41 Å². The number of piperidine rings is 1. The fraction of sp³-hybridized carbons (Fsp3) is 0.474. The first-order valence-electron chi connectivity index (χ1n) is 8.80. The van der Waals surface area contributed by atoms with Crippen LogP contribution < -0.4 is 11.1 Å². The smallest absolute Gasteiger partial charge is 0.225 e. The van der Waals surface area contributed by atoms with E-state index in [1.54, 1.807) is 13.0 Å². The normalized spacial score (nSPS) is 15.8. The predicted octanol–water partition coefficient (Wildman–Crippen LogP) is 2.79. The van der Waals surface area contributed by atoms with Gasteiger partial charge in [0.15, 0.2) is 0 Å². The van der Waals surface area contributed by atoms with Crippen LogP contribution in [0.15, 0.2) is 24.3 Å². The minimum Gasteiger partial charge on any atom is -0.398 e. The molecule has 1 fully saturated rings. The lowest BCUT2D eigenvalue weighted by Gasteiger charge is -2.26. The van der Waals surface area contributed by atoms with Gasteiger partial charge in [-0.25, -0.2) is 4.39 Å². The maximum absolute atomic E-state index is 13.1. The summed E-state index contributed by atoms with van der Waals surface area (Å²) in [6.45, 7) is 4.91. The Labute approximate surface area is 148 Å². The number of hydrogen-bond donors (Lipinski definition) is 3. The molecular weight excluding hydrogens is 319 g/mol. The average Bonchev–Trinajstić information content (AvgIpc) is 2.55. The highest BCUT2D eigenvalue weighted by Gasteiger charge is 2.11. The van der Waals surface area contributed by atoms with Crippen LogP contribution in [0.2, 0.25) is 0 Å². The SMILES string of the molecule is Cc1cc(F)ccc1C(N)=CC(=N)NC(=O)CCCN1CCCCC1. The monoisotopic (exact) mass is 346 g/mol. The molecule has 1 aromatic rings. The highest BCUT2D eigenvalue weighted by molar-refractivity contribution is 6.05. The number of rotatable bonds is 6. The van der Waals surface area contributed by atoms with Crippen molar-refractivity contribution in [3.8, 4) is 0 Å². The van der Waals surface area contributed by atoms with Gasteiger partial charge < -0.3 is 16.0 Å². The summed E-state index contributed by atoms with van der Waals surface area (Å²) >= 11 is 0. The van der Waals surface area contributed by atoms with Gasteiger partial charge in [0.25, 0.3) is 0 Å². The largest absolute Gasteiger partial charge is 0.398 e.